The van der Waals surface area contributed by atoms with Crippen LogP contribution in [-0.4, -0.2) is 53.0 Å². The Kier molecular flexibility index (Phi) is 6.78. The van der Waals surface area contributed by atoms with E-state index in [1.807, 2.05) is 0 Å². The summed E-state index contributed by atoms with van der Waals surface area (Å²) in [7, 11) is -9.21. The van der Waals surface area contributed by atoms with Crippen LogP contribution in [0.4, 0.5) is 18.9 Å². The zero-order chi connectivity index (χ0) is 26.3. The van der Waals surface area contributed by atoms with Crippen molar-refractivity contribution in [2.45, 2.75) is 16.0 Å². The largest absolute Gasteiger partial charge is 0.418 e. The van der Waals surface area contributed by atoms with Crippen molar-refractivity contribution in [3.63, 3.8) is 0 Å². The highest BCUT2D eigenvalue weighted by molar-refractivity contribution is 7.89. The Hall–Kier alpha value is -3.11. The van der Waals surface area contributed by atoms with E-state index in [1.54, 1.807) is 0 Å². The van der Waals surface area contributed by atoms with Gasteiger partial charge < -0.3 is 10.2 Å². The molecular formula is C21H21F3N6O4S2. The number of benzene rings is 2. The Balaban J connectivity index is 2.22. The van der Waals surface area contributed by atoms with Gasteiger partial charge in [0.25, 0.3) is 0 Å². The van der Waals surface area contributed by atoms with Crippen LogP contribution in [0.2, 0.25) is 0 Å². The van der Waals surface area contributed by atoms with Crippen LogP contribution >= 0.6 is 0 Å². The summed E-state index contributed by atoms with van der Waals surface area (Å²) >= 11 is 0. The van der Waals surface area contributed by atoms with Gasteiger partial charge in [-0.2, -0.15) is 13.2 Å². The fourth-order valence-electron chi connectivity index (χ4n) is 4.13. The van der Waals surface area contributed by atoms with Crippen LogP contribution in [0.1, 0.15) is 5.56 Å². The molecule has 10 nitrogen and oxygen atoms in total. The minimum Gasteiger partial charge on any atom is -0.368 e. The molecule has 0 aliphatic carbocycles. The summed E-state index contributed by atoms with van der Waals surface area (Å²) in [5.74, 6) is 0. The van der Waals surface area contributed by atoms with E-state index < -0.39 is 47.1 Å². The lowest BCUT2D eigenvalue weighted by Gasteiger charge is -2.33. The summed E-state index contributed by atoms with van der Waals surface area (Å²) in [5.41, 5.74) is -2.62. The molecule has 4 rings (SSSR count). The van der Waals surface area contributed by atoms with Crippen molar-refractivity contribution in [3.05, 3.63) is 54.5 Å². The molecule has 5 N–H and O–H groups in total. The van der Waals surface area contributed by atoms with Gasteiger partial charge in [0.1, 0.15) is 11.2 Å². The maximum Gasteiger partial charge on any atom is 0.418 e. The molecule has 0 amide bonds. The van der Waals surface area contributed by atoms with Gasteiger partial charge in [0.15, 0.2) is 0 Å². The Morgan fingerprint density at radius 2 is 1.67 bits per heavy atom. The molecule has 0 spiro atoms. The van der Waals surface area contributed by atoms with Gasteiger partial charge in [-0.15, -0.1) is 0 Å². The molecule has 0 unspecified atom stereocenters. The van der Waals surface area contributed by atoms with Crippen molar-refractivity contribution in [2.24, 2.45) is 10.3 Å². The highest BCUT2D eigenvalue weighted by Gasteiger charge is 2.43. The lowest BCUT2D eigenvalue weighted by Crippen LogP contribution is -2.44. The molecule has 2 aromatic carbocycles. The predicted octanol–water partition coefficient (Wildman–Crippen LogP) is 1.53. The van der Waals surface area contributed by atoms with Gasteiger partial charge in [-0.1, -0.05) is 12.1 Å². The number of nitrogens with two attached hydrogens (primary N) is 2. The number of halogens is 3. The van der Waals surface area contributed by atoms with Crippen molar-refractivity contribution in [3.8, 4) is 22.4 Å². The van der Waals surface area contributed by atoms with Crippen molar-refractivity contribution in [1.29, 1.82) is 0 Å². The van der Waals surface area contributed by atoms with E-state index in [2.05, 4.69) is 15.3 Å². The normalized spacial score (nSPS) is 15.2. The maximum atomic E-state index is 14.8. The lowest BCUT2D eigenvalue weighted by molar-refractivity contribution is -0.139. The Labute approximate surface area is 205 Å². The molecule has 1 aromatic heterocycles. The highest BCUT2D eigenvalue weighted by atomic mass is 32.2. The second kappa shape index (κ2) is 9.40. The summed E-state index contributed by atoms with van der Waals surface area (Å²) in [5, 5.41) is 13.6. The van der Waals surface area contributed by atoms with Crippen LogP contribution in [0.25, 0.3) is 22.4 Å². The smallest absolute Gasteiger partial charge is 0.368 e. The van der Waals surface area contributed by atoms with Crippen LogP contribution in [0.5, 0.6) is 0 Å². The monoisotopic (exact) mass is 542 g/mol. The minimum absolute atomic E-state index is 0.0591. The molecule has 2 heterocycles. The summed E-state index contributed by atoms with van der Waals surface area (Å²) in [6, 6.07) is 7.14. The van der Waals surface area contributed by atoms with Crippen LogP contribution in [-0.2, 0) is 26.2 Å². The highest BCUT2D eigenvalue weighted by Crippen LogP contribution is 2.49. The Morgan fingerprint density at radius 3 is 2.22 bits per heavy atom. The number of alkyl halides is 3. The SMILES string of the molecule is NS(=O)(=O)c1cccc(-c2c(-c3ccncn3)cc(N3CCNCC3)c(S(N)(=O)=O)c2C(F)(F)F)c1. The molecule has 1 fully saturated rings. The third-order valence-electron chi connectivity index (χ3n) is 5.59. The third kappa shape index (κ3) is 5.19. The quantitative estimate of drug-likeness (QED) is 0.437. The van der Waals surface area contributed by atoms with Gasteiger partial charge in [-0.05, 0) is 29.8 Å². The number of aromatic nitrogens is 2. The molecule has 1 aliphatic heterocycles. The molecule has 0 radical (unpaired) electrons. The predicted molar refractivity (Wildman–Crippen MR) is 126 cm³/mol. The molecule has 1 saturated heterocycles. The van der Waals surface area contributed by atoms with E-state index in [9.17, 15) is 30.0 Å². The summed E-state index contributed by atoms with van der Waals surface area (Å²) < 4.78 is 93.7. The van der Waals surface area contributed by atoms with Crippen molar-refractivity contribution >= 4 is 25.7 Å². The number of hydrogen-bond acceptors (Lipinski definition) is 8. The number of nitrogens with zero attached hydrogens (tertiary/aromatic N) is 3. The average molecular weight is 543 g/mol. The molecule has 3 aromatic rings. The first kappa shape index (κ1) is 26.0. The molecule has 36 heavy (non-hydrogen) atoms. The zero-order valence-electron chi connectivity index (χ0n) is 18.5. The summed E-state index contributed by atoms with van der Waals surface area (Å²) in [4.78, 5) is 7.81. The third-order valence-corrected chi connectivity index (χ3v) is 7.49. The van der Waals surface area contributed by atoms with Crippen LogP contribution in [0.3, 0.4) is 0 Å². The average Bonchev–Trinajstić information content (AvgIpc) is 2.82. The van der Waals surface area contributed by atoms with Crippen LogP contribution in [0, 0.1) is 0 Å². The second-order valence-electron chi connectivity index (χ2n) is 7.97. The number of hydrogen-bond donors (Lipinski definition) is 3. The zero-order valence-corrected chi connectivity index (χ0v) is 20.2. The summed E-state index contributed by atoms with van der Waals surface area (Å²) in [6.07, 6.45) is -2.76. The maximum absolute atomic E-state index is 14.8. The molecule has 1 aliphatic rings. The lowest BCUT2D eigenvalue weighted by atomic mass is 9.90. The van der Waals surface area contributed by atoms with Gasteiger partial charge >= 0.3 is 6.18 Å². The number of nitrogens with one attached hydrogen (secondary N) is 1. The first-order chi connectivity index (χ1) is 16.8. The van der Waals surface area contributed by atoms with E-state index >= 15 is 0 Å². The number of primary sulfonamides is 2. The Morgan fingerprint density at radius 1 is 0.972 bits per heavy atom. The molecule has 192 valence electrons. The van der Waals surface area contributed by atoms with Gasteiger partial charge in [-0.3, -0.25) is 0 Å². The topological polar surface area (TPSA) is 161 Å². The Bertz CT molecular complexity index is 1510. The van der Waals surface area contributed by atoms with Crippen molar-refractivity contribution in [1.82, 2.24) is 15.3 Å². The first-order valence-electron chi connectivity index (χ1n) is 10.4. The number of rotatable bonds is 5. The first-order valence-corrected chi connectivity index (χ1v) is 13.5. The molecule has 0 saturated carbocycles. The minimum atomic E-state index is -5.21. The number of sulfonamides is 2. The molecular weight excluding hydrogens is 521 g/mol. The van der Waals surface area contributed by atoms with E-state index in [0.29, 0.717) is 13.1 Å². The van der Waals surface area contributed by atoms with Crippen LogP contribution in [0.15, 0.2) is 58.7 Å². The molecule has 0 bridgehead atoms. The van der Waals surface area contributed by atoms with Gasteiger partial charge in [0.2, 0.25) is 20.0 Å². The van der Waals surface area contributed by atoms with Gasteiger partial charge in [0.05, 0.1) is 21.8 Å². The second-order valence-corrected chi connectivity index (χ2v) is 11.0. The van der Waals surface area contributed by atoms with Gasteiger partial charge in [0, 0.05) is 43.5 Å². The molecule has 0 atom stereocenters. The van der Waals surface area contributed by atoms with Gasteiger partial charge in [-0.25, -0.2) is 37.1 Å². The van der Waals surface area contributed by atoms with Crippen molar-refractivity contribution in [2.75, 3.05) is 31.1 Å². The van der Waals surface area contributed by atoms with E-state index in [-0.39, 0.29) is 35.6 Å². The standard InChI is InChI=1S/C21H21F3N6O4S2/c22-21(23,24)19-18(13-2-1-3-14(10-13)35(25,31)32)15(16-4-5-28-12-29-16)11-17(20(19)36(26,33)34)30-8-6-27-7-9-30/h1-5,10-12,27H,6-9H2,(H2,25,31,32)(H2,26,33,34). The summed E-state index contributed by atoms with van der Waals surface area (Å²) in [6.45, 7) is 1.27. The fraction of sp³-hybridized carbons (Fsp3) is 0.238. The fourth-order valence-corrected chi connectivity index (χ4v) is 5.67. The molecule has 15 heteroatoms. The van der Waals surface area contributed by atoms with Crippen LogP contribution < -0.4 is 20.5 Å². The van der Waals surface area contributed by atoms with E-state index in [0.717, 1.165) is 18.5 Å². The number of piperazine rings is 1. The van der Waals surface area contributed by atoms with E-state index in [1.165, 1.54) is 35.4 Å². The van der Waals surface area contributed by atoms with E-state index in [4.69, 9.17) is 10.3 Å². The van der Waals surface area contributed by atoms with Crippen molar-refractivity contribution < 1.29 is 30.0 Å². The number of anilines is 1.